The van der Waals surface area contributed by atoms with Crippen molar-refractivity contribution in [3.8, 4) is 0 Å². The summed E-state index contributed by atoms with van der Waals surface area (Å²) in [6.45, 7) is 10.7. The molecule has 0 aliphatic rings. The Bertz CT molecular complexity index is 973. The van der Waals surface area contributed by atoms with Crippen molar-refractivity contribution < 1.29 is 49.0 Å². The van der Waals surface area contributed by atoms with E-state index in [9.17, 15) is 24.9 Å². The summed E-state index contributed by atoms with van der Waals surface area (Å²) >= 11 is 3.29. The molecule has 0 aromatic rings. The molecule has 0 aliphatic carbocycles. The lowest BCUT2D eigenvalue weighted by molar-refractivity contribution is -0.145. The molecular formula is C39H72N2O10S2. The zero-order valence-corrected chi connectivity index (χ0v) is 34.5. The minimum absolute atomic E-state index is 0.0134. The van der Waals surface area contributed by atoms with Gasteiger partial charge in [0.2, 0.25) is 0 Å². The lowest BCUT2D eigenvalue weighted by atomic mass is 9.81. The molecule has 0 bridgehead atoms. The molecule has 12 nitrogen and oxygen atoms in total. The van der Waals surface area contributed by atoms with Crippen molar-refractivity contribution in [3.05, 3.63) is 37.0 Å². The maximum Gasteiger partial charge on any atom is 0.306 e. The van der Waals surface area contributed by atoms with Gasteiger partial charge in [-0.15, -0.1) is 6.58 Å². The van der Waals surface area contributed by atoms with Gasteiger partial charge in [-0.2, -0.15) is 23.5 Å². The monoisotopic (exact) mass is 792 g/mol. The first kappa shape index (κ1) is 51.5. The zero-order chi connectivity index (χ0) is 39.6. The normalized spacial score (nSPS) is 15.0. The van der Waals surface area contributed by atoms with Gasteiger partial charge in [-0.05, 0) is 56.3 Å². The molecule has 0 aromatic heterocycles. The van der Waals surface area contributed by atoms with E-state index in [1.807, 2.05) is 12.2 Å². The van der Waals surface area contributed by atoms with Crippen molar-refractivity contribution in [2.45, 2.75) is 95.9 Å². The number of ether oxygens (including phenoxy) is 4. The molecule has 5 unspecified atom stereocenters. The van der Waals surface area contributed by atoms with Gasteiger partial charge in [-0.25, -0.2) is 0 Å². The maximum absolute atomic E-state index is 11.8. The quantitative estimate of drug-likeness (QED) is 0.0304. The number of allylic oxidation sites excluding steroid dienone is 4. The Hall–Kier alpha value is -1.46. The lowest BCUT2D eigenvalue weighted by Gasteiger charge is -2.30. The number of carbonyl (C=O) groups is 2. The molecule has 0 spiro atoms. The molecule has 0 amide bonds. The van der Waals surface area contributed by atoms with Gasteiger partial charge in [0.05, 0.1) is 57.5 Å². The van der Waals surface area contributed by atoms with E-state index in [1.165, 1.54) is 0 Å². The number of thioether (sulfide) groups is 2. The molecule has 0 aliphatic heterocycles. The van der Waals surface area contributed by atoms with Gasteiger partial charge in [0.1, 0.15) is 13.2 Å². The molecule has 5 atom stereocenters. The van der Waals surface area contributed by atoms with Crippen LogP contribution in [0.5, 0.6) is 0 Å². The highest BCUT2D eigenvalue weighted by Crippen LogP contribution is 2.29. The fourth-order valence-electron chi connectivity index (χ4n) is 5.37. The molecule has 53 heavy (non-hydrogen) atoms. The van der Waals surface area contributed by atoms with Crippen LogP contribution in [0.3, 0.4) is 0 Å². The standard InChI is InChI=1S/C39H72N2O10S2/c1-6-32(14-15-33(35(44)13-8-7-11-21-42)40-19-28-52-26-16-37(46)50-24-22-48-4)12-9-10-18-39(2,3)30-36(45)34(31-43)41-20-29-53-27-17-38(47)51-25-23-49-5/h6-7,9-11,32-36,40-45H,1,8,12-31H2,2-5H3/b10-9+,11-7+. The number of aliphatic hydroxyl groups excluding tert-OH is 4. The van der Waals surface area contributed by atoms with Crippen LogP contribution in [0.2, 0.25) is 0 Å². The first-order valence-electron chi connectivity index (χ1n) is 18.9. The summed E-state index contributed by atoms with van der Waals surface area (Å²) in [5.41, 5.74) is -0.182. The zero-order valence-electron chi connectivity index (χ0n) is 32.9. The van der Waals surface area contributed by atoms with Gasteiger partial charge in [0.25, 0.3) is 0 Å². The van der Waals surface area contributed by atoms with Gasteiger partial charge in [0, 0.05) is 56.4 Å². The molecule has 0 rings (SSSR count). The average molecular weight is 793 g/mol. The number of rotatable bonds is 37. The second kappa shape index (κ2) is 35.0. The van der Waals surface area contributed by atoms with Crippen LogP contribution in [0.15, 0.2) is 37.0 Å². The molecule has 0 radical (unpaired) electrons. The molecule has 6 N–H and O–H groups in total. The van der Waals surface area contributed by atoms with Crippen LogP contribution in [0, 0.1) is 11.3 Å². The molecule has 0 saturated carbocycles. The number of carbonyl (C=O) groups excluding carboxylic acids is 2. The van der Waals surface area contributed by atoms with Gasteiger partial charge in [-0.1, -0.05) is 44.2 Å². The first-order chi connectivity index (χ1) is 25.5. The summed E-state index contributed by atoms with van der Waals surface area (Å²) in [5.74, 6) is 2.64. The van der Waals surface area contributed by atoms with E-state index < -0.39 is 18.2 Å². The highest BCUT2D eigenvalue weighted by Gasteiger charge is 2.26. The van der Waals surface area contributed by atoms with Crippen LogP contribution >= 0.6 is 23.5 Å². The smallest absolute Gasteiger partial charge is 0.306 e. The van der Waals surface area contributed by atoms with Crippen molar-refractivity contribution in [2.75, 3.05) is 90.0 Å². The number of nitrogens with one attached hydrogen (secondary N) is 2. The van der Waals surface area contributed by atoms with Gasteiger partial charge in [0.15, 0.2) is 0 Å². The number of aliphatic hydroxyl groups is 4. The second-order valence-electron chi connectivity index (χ2n) is 13.7. The van der Waals surface area contributed by atoms with Crippen molar-refractivity contribution in [2.24, 2.45) is 11.3 Å². The Balaban J connectivity index is 4.71. The number of esters is 2. The first-order valence-corrected chi connectivity index (χ1v) is 21.3. The van der Waals surface area contributed by atoms with E-state index in [0.717, 1.165) is 37.2 Å². The molecule has 0 saturated heterocycles. The fourth-order valence-corrected chi connectivity index (χ4v) is 6.93. The Morgan fingerprint density at radius 2 is 1.34 bits per heavy atom. The maximum atomic E-state index is 11.8. The SMILES string of the molecule is C=CC(C/C=C/CC(C)(C)CC(O)C(CO)NCCSCCC(=O)OCCOC)CCC(NCCSCCC(=O)OCCOC)C(O)CC/C=C/CO. The van der Waals surface area contributed by atoms with E-state index >= 15 is 0 Å². The van der Waals surface area contributed by atoms with E-state index in [4.69, 9.17) is 24.1 Å². The van der Waals surface area contributed by atoms with Crippen LogP contribution in [0.4, 0.5) is 0 Å². The summed E-state index contributed by atoms with van der Waals surface area (Å²) in [7, 11) is 3.12. The Morgan fingerprint density at radius 3 is 1.87 bits per heavy atom. The fraction of sp³-hybridized carbons (Fsp3) is 0.795. The van der Waals surface area contributed by atoms with Gasteiger partial charge in [-0.3, -0.25) is 9.59 Å². The third-order valence-corrected chi connectivity index (χ3v) is 10.5. The van der Waals surface area contributed by atoms with Gasteiger partial charge < -0.3 is 50.0 Å². The summed E-state index contributed by atoms with van der Waals surface area (Å²) in [6.07, 6.45) is 14.3. The number of hydrogen-bond acceptors (Lipinski definition) is 14. The van der Waals surface area contributed by atoms with E-state index in [-0.39, 0.29) is 55.7 Å². The predicted molar refractivity (Wildman–Crippen MR) is 217 cm³/mol. The van der Waals surface area contributed by atoms with Crippen LogP contribution in [-0.2, 0) is 28.5 Å². The van der Waals surface area contributed by atoms with Crippen LogP contribution < -0.4 is 10.6 Å². The highest BCUT2D eigenvalue weighted by molar-refractivity contribution is 7.99. The van der Waals surface area contributed by atoms with E-state index in [1.54, 1.807) is 43.8 Å². The highest BCUT2D eigenvalue weighted by atomic mass is 32.2. The molecule has 310 valence electrons. The van der Waals surface area contributed by atoms with Gasteiger partial charge >= 0.3 is 11.9 Å². The summed E-state index contributed by atoms with van der Waals surface area (Å²) in [5, 5.41) is 47.6. The van der Waals surface area contributed by atoms with Crippen molar-refractivity contribution in [3.63, 3.8) is 0 Å². The number of hydrogen-bond donors (Lipinski definition) is 6. The third-order valence-electron chi connectivity index (χ3n) is 8.55. The summed E-state index contributed by atoms with van der Waals surface area (Å²) in [6, 6.07) is -0.523. The van der Waals surface area contributed by atoms with Crippen LogP contribution in [0.1, 0.15) is 71.6 Å². The molecule has 14 heteroatoms. The van der Waals surface area contributed by atoms with Crippen molar-refractivity contribution >= 4 is 35.5 Å². The summed E-state index contributed by atoms with van der Waals surface area (Å²) in [4.78, 5) is 23.5. The van der Waals surface area contributed by atoms with Crippen LogP contribution in [0.25, 0.3) is 0 Å². The summed E-state index contributed by atoms with van der Waals surface area (Å²) < 4.78 is 19.9. The molecule has 0 heterocycles. The second-order valence-corrected chi connectivity index (χ2v) is 16.1. The average Bonchev–Trinajstić information content (AvgIpc) is 3.13. The Kier molecular flexibility index (Phi) is 34.0. The number of methoxy groups -OCH3 is 2. The minimum atomic E-state index is -0.707. The lowest BCUT2D eigenvalue weighted by Crippen LogP contribution is -2.45. The molecular weight excluding hydrogens is 721 g/mol. The predicted octanol–water partition coefficient (Wildman–Crippen LogP) is 3.91. The largest absolute Gasteiger partial charge is 0.463 e. The van der Waals surface area contributed by atoms with Crippen molar-refractivity contribution in [1.82, 2.24) is 10.6 Å². The van der Waals surface area contributed by atoms with Crippen molar-refractivity contribution in [1.29, 1.82) is 0 Å². The van der Waals surface area contributed by atoms with Crippen LogP contribution in [-0.4, -0.2) is 147 Å². The van der Waals surface area contributed by atoms with E-state index in [0.29, 0.717) is 69.9 Å². The molecule has 0 aromatic carbocycles. The third kappa shape index (κ3) is 30.4. The molecule has 0 fully saturated rings. The Morgan fingerprint density at radius 1 is 0.755 bits per heavy atom. The minimum Gasteiger partial charge on any atom is -0.463 e. The Labute approximate surface area is 328 Å². The van der Waals surface area contributed by atoms with E-state index in [2.05, 4.69) is 43.2 Å². The topological polar surface area (TPSA) is 176 Å².